The zero-order valence-electron chi connectivity index (χ0n) is 23.3. The Bertz CT molecular complexity index is 1370. The Morgan fingerprint density at radius 1 is 1.05 bits per heavy atom. The van der Waals surface area contributed by atoms with Gasteiger partial charge in [-0.25, -0.2) is 23.3 Å². The van der Waals surface area contributed by atoms with E-state index in [1.54, 1.807) is 0 Å². The Morgan fingerprint density at radius 3 is 2.58 bits per heavy atom. The summed E-state index contributed by atoms with van der Waals surface area (Å²) in [6, 6.07) is 1.91. The molecule has 1 aromatic heterocycles. The monoisotopic (exact) mass is 569 g/mol. The predicted molar refractivity (Wildman–Crippen MR) is 146 cm³/mol. The van der Waals surface area contributed by atoms with Crippen LogP contribution in [-0.4, -0.2) is 54.7 Å². The van der Waals surface area contributed by atoms with Crippen molar-refractivity contribution in [3.63, 3.8) is 0 Å². The van der Waals surface area contributed by atoms with Gasteiger partial charge in [-0.3, -0.25) is 9.59 Å². The molecule has 3 saturated carbocycles. The van der Waals surface area contributed by atoms with Crippen LogP contribution in [0.25, 0.3) is 0 Å². The number of fused-ring (bicyclic) bond motifs is 5. The van der Waals surface area contributed by atoms with Gasteiger partial charge in [-0.2, -0.15) is 0 Å². The number of nitrogens with two attached hydrogens (primary N) is 1. The Labute approximate surface area is 236 Å². The van der Waals surface area contributed by atoms with Gasteiger partial charge in [0, 0.05) is 24.6 Å². The molecule has 1 aliphatic heterocycles. The Hall–Kier alpha value is -2.59. The molecule has 7 atom stereocenters. The highest BCUT2D eigenvalue weighted by molar-refractivity contribution is 7.89. The summed E-state index contributed by atoms with van der Waals surface area (Å²) in [4.78, 5) is 44.2. The Morgan fingerprint density at radius 2 is 1.85 bits per heavy atom. The van der Waals surface area contributed by atoms with E-state index in [0.717, 1.165) is 51.1 Å². The summed E-state index contributed by atoms with van der Waals surface area (Å²) in [5.41, 5.74) is 1.45. The van der Waals surface area contributed by atoms with Crippen molar-refractivity contribution < 1.29 is 27.5 Å². The fourth-order valence-electron chi connectivity index (χ4n) is 9.00. The summed E-state index contributed by atoms with van der Waals surface area (Å²) >= 11 is 0. The Balaban J connectivity index is 1.15. The second-order valence-electron chi connectivity index (χ2n) is 13.1. The third-order valence-corrected chi connectivity index (χ3v) is 12.1. The maximum atomic E-state index is 13.5. The highest BCUT2D eigenvalue weighted by atomic mass is 32.2. The maximum Gasteiger partial charge on any atom is 0.329 e. The number of allylic oxidation sites excluding steroid dienone is 1. The molecule has 0 unspecified atom stereocenters. The van der Waals surface area contributed by atoms with Crippen LogP contribution >= 0.6 is 0 Å². The van der Waals surface area contributed by atoms with Gasteiger partial charge < -0.3 is 9.64 Å². The highest BCUT2D eigenvalue weighted by Crippen LogP contribution is 2.65. The number of nitrogens with zero attached hydrogens (tertiary/aromatic N) is 2. The van der Waals surface area contributed by atoms with Gasteiger partial charge in [-0.1, -0.05) is 19.4 Å². The number of hydrogen-bond donors (Lipinski definition) is 1. The predicted octanol–water partition coefficient (Wildman–Crippen LogP) is 3.78. The van der Waals surface area contributed by atoms with Gasteiger partial charge in [0.05, 0.1) is 0 Å². The van der Waals surface area contributed by atoms with Gasteiger partial charge in [0.15, 0.2) is 5.78 Å². The van der Waals surface area contributed by atoms with Crippen LogP contribution < -0.4 is 5.14 Å². The zero-order valence-corrected chi connectivity index (χ0v) is 24.1. The molecule has 1 saturated heterocycles. The lowest BCUT2D eigenvalue weighted by Gasteiger charge is -2.57. The molecule has 4 aliphatic carbocycles. The number of carbonyl (C=O) groups is 3. The first-order chi connectivity index (χ1) is 18.9. The first-order valence-electron chi connectivity index (χ1n) is 14.7. The largest absolute Gasteiger partial charge is 0.460 e. The molecule has 0 bridgehead atoms. The number of carbonyl (C=O) groups excluding carboxylic acids is 3. The molecule has 0 aromatic carbocycles. The van der Waals surface area contributed by atoms with Crippen molar-refractivity contribution in [2.75, 3.05) is 6.54 Å². The molecule has 40 heavy (non-hydrogen) atoms. The molecular weight excluding hydrogens is 530 g/mol. The fourth-order valence-corrected chi connectivity index (χ4v) is 9.46. The number of esters is 1. The molecule has 4 fully saturated rings. The lowest BCUT2D eigenvalue weighted by Crippen LogP contribution is -2.52. The first kappa shape index (κ1) is 27.6. The number of ether oxygens (including phenoxy) is 1. The lowest BCUT2D eigenvalue weighted by atomic mass is 9.47. The van der Waals surface area contributed by atoms with E-state index in [2.05, 4.69) is 18.8 Å². The summed E-state index contributed by atoms with van der Waals surface area (Å²) in [6.45, 7) is 5.09. The van der Waals surface area contributed by atoms with Crippen molar-refractivity contribution in [2.45, 2.75) is 95.1 Å². The van der Waals surface area contributed by atoms with Crippen LogP contribution in [0.3, 0.4) is 0 Å². The lowest BCUT2D eigenvalue weighted by molar-refractivity contribution is -0.164. The van der Waals surface area contributed by atoms with Crippen molar-refractivity contribution in [1.82, 2.24) is 9.88 Å². The van der Waals surface area contributed by atoms with Crippen molar-refractivity contribution in [3.8, 4) is 0 Å². The number of primary sulfonamides is 1. The van der Waals surface area contributed by atoms with E-state index in [4.69, 9.17) is 9.88 Å². The quantitative estimate of drug-likeness (QED) is 0.545. The molecule has 6 rings (SSSR count). The molecule has 1 amide bonds. The van der Waals surface area contributed by atoms with Gasteiger partial charge in [0.2, 0.25) is 10.0 Å². The number of ketones is 1. The normalized spacial score (nSPS) is 37.3. The topological polar surface area (TPSA) is 137 Å². The minimum absolute atomic E-state index is 0.0712. The van der Waals surface area contributed by atoms with Crippen LogP contribution in [0.5, 0.6) is 0 Å². The maximum absolute atomic E-state index is 13.5. The molecular formula is C30H39N3O6S. The summed E-state index contributed by atoms with van der Waals surface area (Å²) in [6.07, 6.45) is 11.7. The summed E-state index contributed by atoms with van der Waals surface area (Å²) in [7, 11) is -3.91. The molecule has 0 radical (unpaired) electrons. The van der Waals surface area contributed by atoms with Crippen molar-refractivity contribution in [1.29, 1.82) is 0 Å². The first-order valence-corrected chi connectivity index (χ1v) is 16.2. The van der Waals surface area contributed by atoms with Crippen LogP contribution in [-0.2, 0) is 24.3 Å². The third-order valence-electron chi connectivity index (χ3n) is 11.2. The third kappa shape index (κ3) is 4.42. The van der Waals surface area contributed by atoms with E-state index in [1.165, 1.54) is 22.6 Å². The van der Waals surface area contributed by atoms with E-state index in [0.29, 0.717) is 43.6 Å². The van der Waals surface area contributed by atoms with E-state index in [1.807, 2.05) is 6.08 Å². The molecule has 1 aromatic rings. The van der Waals surface area contributed by atoms with Crippen LogP contribution in [0.15, 0.2) is 34.9 Å². The standard InChI is InChI=1S/C30H39N3O6S/c1-29-13-11-19(34)16-18(29)5-7-21-22-8-10-26(30(22,2)14-12-23(21)29)39-28(36)25-4-3-15-33(25)27(35)24-9-6-20(17-32-24)40(31,37)38/h6,9,16-17,21-23,25-26H,3-5,7-8,10-15H2,1-2H3,(H2,31,37,38)/t21-,22-,23-,25-,26-,29-,30-/m0/s1. The number of amides is 1. The molecule has 5 aliphatic rings. The average molecular weight is 570 g/mol. The minimum Gasteiger partial charge on any atom is -0.460 e. The molecule has 0 spiro atoms. The number of pyridine rings is 1. The van der Waals surface area contributed by atoms with Gasteiger partial charge >= 0.3 is 5.97 Å². The average Bonchev–Trinajstić information content (AvgIpc) is 3.53. The number of hydrogen-bond acceptors (Lipinski definition) is 7. The number of aromatic nitrogens is 1. The summed E-state index contributed by atoms with van der Waals surface area (Å²) in [5, 5.41) is 5.14. The zero-order chi connectivity index (χ0) is 28.4. The Kier molecular flexibility index (Phi) is 6.72. The van der Waals surface area contributed by atoms with Crippen LogP contribution in [0.2, 0.25) is 0 Å². The molecule has 216 valence electrons. The smallest absolute Gasteiger partial charge is 0.329 e. The molecule has 2 N–H and O–H groups in total. The number of likely N-dealkylation sites (tertiary alicyclic amines) is 1. The fraction of sp³-hybridized carbons (Fsp3) is 0.667. The highest BCUT2D eigenvalue weighted by Gasteiger charge is 2.60. The number of sulfonamides is 1. The van der Waals surface area contributed by atoms with Crippen molar-refractivity contribution in [2.24, 2.45) is 33.7 Å². The van der Waals surface area contributed by atoms with Crippen molar-refractivity contribution >= 4 is 27.7 Å². The second-order valence-corrected chi connectivity index (χ2v) is 14.7. The summed E-state index contributed by atoms with van der Waals surface area (Å²) < 4.78 is 29.3. The SMILES string of the molecule is C[C@]12CC[C@H]3[C@@H](CCC4=CC(=O)CC[C@@]43C)[C@@H]1CC[C@@H]2OC(=O)[C@@H]1CCCN1C(=O)c1ccc(S(N)(=O)=O)cn1. The van der Waals surface area contributed by atoms with Crippen LogP contribution in [0.1, 0.15) is 88.5 Å². The molecule has 9 nitrogen and oxygen atoms in total. The minimum atomic E-state index is -3.91. The van der Waals surface area contributed by atoms with Gasteiger partial charge in [-0.15, -0.1) is 0 Å². The van der Waals surface area contributed by atoms with Crippen LogP contribution in [0, 0.1) is 28.6 Å². The van der Waals surface area contributed by atoms with Gasteiger partial charge in [0.1, 0.15) is 22.7 Å². The van der Waals surface area contributed by atoms with Crippen molar-refractivity contribution in [3.05, 3.63) is 35.7 Å². The van der Waals surface area contributed by atoms with Gasteiger partial charge in [-0.05, 0) is 99.2 Å². The summed E-state index contributed by atoms with van der Waals surface area (Å²) in [5.74, 6) is 1.14. The molecule has 10 heteroatoms. The second kappa shape index (κ2) is 9.76. The van der Waals surface area contributed by atoms with E-state index >= 15 is 0 Å². The van der Waals surface area contributed by atoms with E-state index in [-0.39, 0.29) is 39.3 Å². The van der Waals surface area contributed by atoms with E-state index in [9.17, 15) is 22.8 Å². The van der Waals surface area contributed by atoms with Gasteiger partial charge in [0.25, 0.3) is 5.91 Å². The van der Waals surface area contributed by atoms with E-state index < -0.39 is 22.0 Å². The van der Waals surface area contributed by atoms with Crippen LogP contribution in [0.4, 0.5) is 0 Å². The number of rotatable bonds is 4. The molecule has 2 heterocycles.